The molecule has 9 heteroatoms. The number of nitrogens with zero attached hydrogens (tertiary/aromatic N) is 5. The van der Waals surface area contributed by atoms with Crippen molar-refractivity contribution in [2.45, 2.75) is 38.4 Å². The lowest BCUT2D eigenvalue weighted by molar-refractivity contribution is -0.142. The molecule has 1 saturated carbocycles. The Kier molecular flexibility index (Phi) is 5.16. The zero-order chi connectivity index (χ0) is 22.5. The fourth-order valence-corrected chi connectivity index (χ4v) is 4.11. The first-order chi connectivity index (χ1) is 15.3. The van der Waals surface area contributed by atoms with Crippen LogP contribution in [-0.4, -0.2) is 56.5 Å². The molecule has 3 aromatic rings. The first kappa shape index (κ1) is 20.9. The number of aromatic nitrogens is 3. The fraction of sp³-hybridized carbons (Fsp3) is 0.435. The quantitative estimate of drug-likeness (QED) is 0.614. The number of hydrogen-bond acceptors (Lipinski definition) is 4. The van der Waals surface area contributed by atoms with Crippen molar-refractivity contribution in [3.8, 4) is 0 Å². The number of fused-ring (bicyclic) bond motifs is 1. The van der Waals surface area contributed by atoms with Crippen LogP contribution in [0.5, 0.6) is 0 Å². The zero-order valence-corrected chi connectivity index (χ0v) is 17.8. The standard InChI is InChI=1S/C23H24F3N5O/c1-15-2-4-16(5-3-15)14-29-8-10-30(11-9-29)22(32)19-13-21-27-18(17-6-7-17)12-20(23(24,25)26)31(21)28-19/h2-5,12-13,17H,6-11,14H2,1H3. The van der Waals surface area contributed by atoms with E-state index < -0.39 is 11.9 Å². The van der Waals surface area contributed by atoms with Crippen LogP contribution in [-0.2, 0) is 12.7 Å². The summed E-state index contributed by atoms with van der Waals surface area (Å²) < 4.78 is 41.6. The van der Waals surface area contributed by atoms with Crippen LogP contribution in [0, 0.1) is 6.92 Å². The molecule has 32 heavy (non-hydrogen) atoms. The molecular weight excluding hydrogens is 419 g/mol. The Morgan fingerprint density at radius 1 is 1.06 bits per heavy atom. The summed E-state index contributed by atoms with van der Waals surface area (Å²) >= 11 is 0. The molecule has 3 heterocycles. The van der Waals surface area contributed by atoms with Crippen molar-refractivity contribution in [3.05, 3.63) is 64.6 Å². The zero-order valence-electron chi connectivity index (χ0n) is 17.8. The van der Waals surface area contributed by atoms with Gasteiger partial charge in [0.1, 0.15) is 5.69 Å². The molecule has 0 radical (unpaired) electrons. The van der Waals surface area contributed by atoms with Crippen LogP contribution in [0.3, 0.4) is 0 Å². The number of benzene rings is 1. The molecule has 0 spiro atoms. The number of rotatable bonds is 4. The minimum absolute atomic E-state index is 0.00271. The second-order valence-electron chi connectivity index (χ2n) is 8.69. The molecule has 0 N–H and O–H groups in total. The summed E-state index contributed by atoms with van der Waals surface area (Å²) in [6.45, 7) is 5.26. The Labute approximate surface area is 183 Å². The second-order valence-corrected chi connectivity index (χ2v) is 8.69. The summed E-state index contributed by atoms with van der Waals surface area (Å²) in [7, 11) is 0. The van der Waals surface area contributed by atoms with E-state index in [0.717, 1.165) is 30.0 Å². The number of carbonyl (C=O) groups excluding carboxylic acids is 1. The van der Waals surface area contributed by atoms with Gasteiger partial charge in [0.25, 0.3) is 5.91 Å². The number of hydrogen-bond donors (Lipinski definition) is 0. The van der Waals surface area contributed by atoms with E-state index in [1.54, 1.807) is 4.90 Å². The number of piperazine rings is 1. The van der Waals surface area contributed by atoms with E-state index in [9.17, 15) is 18.0 Å². The summed E-state index contributed by atoms with van der Waals surface area (Å²) in [4.78, 5) is 21.3. The third-order valence-corrected chi connectivity index (χ3v) is 6.14. The lowest BCUT2D eigenvalue weighted by atomic mass is 10.1. The van der Waals surface area contributed by atoms with Crippen molar-refractivity contribution in [1.29, 1.82) is 0 Å². The normalized spacial score (nSPS) is 17.8. The Balaban J connectivity index is 1.31. The maximum Gasteiger partial charge on any atom is 0.433 e. The van der Waals surface area contributed by atoms with Gasteiger partial charge in [0.05, 0.1) is 0 Å². The average molecular weight is 443 g/mol. The molecule has 2 fully saturated rings. The highest BCUT2D eigenvalue weighted by atomic mass is 19.4. The third kappa shape index (κ3) is 4.21. The smallest absolute Gasteiger partial charge is 0.335 e. The minimum Gasteiger partial charge on any atom is -0.335 e. The number of aryl methyl sites for hydroxylation is 1. The van der Waals surface area contributed by atoms with Gasteiger partial charge in [-0.1, -0.05) is 29.8 Å². The lowest BCUT2D eigenvalue weighted by Gasteiger charge is -2.34. The number of halogens is 3. The van der Waals surface area contributed by atoms with Crippen molar-refractivity contribution in [1.82, 2.24) is 24.4 Å². The van der Waals surface area contributed by atoms with Gasteiger partial charge in [0.2, 0.25) is 0 Å². The van der Waals surface area contributed by atoms with Gasteiger partial charge in [0, 0.05) is 50.4 Å². The van der Waals surface area contributed by atoms with Crippen LogP contribution >= 0.6 is 0 Å². The van der Waals surface area contributed by atoms with Gasteiger partial charge in [-0.15, -0.1) is 0 Å². The van der Waals surface area contributed by atoms with Gasteiger partial charge in [-0.3, -0.25) is 9.69 Å². The summed E-state index contributed by atoms with van der Waals surface area (Å²) in [5.74, 6) is -0.289. The average Bonchev–Trinajstić information content (AvgIpc) is 3.52. The van der Waals surface area contributed by atoms with E-state index in [1.165, 1.54) is 17.2 Å². The van der Waals surface area contributed by atoms with Gasteiger partial charge in [-0.05, 0) is 31.4 Å². The van der Waals surface area contributed by atoms with Crippen molar-refractivity contribution in [2.75, 3.05) is 26.2 Å². The van der Waals surface area contributed by atoms with Crippen LogP contribution in [0.1, 0.15) is 51.8 Å². The molecule has 2 aliphatic rings. The monoisotopic (exact) mass is 443 g/mol. The lowest BCUT2D eigenvalue weighted by Crippen LogP contribution is -2.48. The van der Waals surface area contributed by atoms with Crippen molar-refractivity contribution >= 4 is 11.6 Å². The van der Waals surface area contributed by atoms with E-state index in [2.05, 4.69) is 39.2 Å². The van der Waals surface area contributed by atoms with Crippen LogP contribution in [0.2, 0.25) is 0 Å². The summed E-state index contributed by atoms with van der Waals surface area (Å²) in [6, 6.07) is 10.8. The molecule has 1 aromatic carbocycles. The molecular formula is C23H24F3N5O. The molecule has 0 bridgehead atoms. The predicted octanol–water partition coefficient (Wildman–Crippen LogP) is 3.89. The van der Waals surface area contributed by atoms with Crippen molar-refractivity contribution in [3.63, 3.8) is 0 Å². The first-order valence-electron chi connectivity index (χ1n) is 10.8. The predicted molar refractivity (Wildman–Crippen MR) is 112 cm³/mol. The summed E-state index contributed by atoms with van der Waals surface area (Å²) in [6.07, 6.45) is -2.89. The highest BCUT2D eigenvalue weighted by Gasteiger charge is 2.38. The topological polar surface area (TPSA) is 53.7 Å². The van der Waals surface area contributed by atoms with Crippen LogP contribution in [0.25, 0.3) is 5.65 Å². The summed E-state index contributed by atoms with van der Waals surface area (Å²) in [5, 5.41) is 4.00. The highest BCUT2D eigenvalue weighted by molar-refractivity contribution is 5.93. The Morgan fingerprint density at radius 2 is 1.75 bits per heavy atom. The maximum absolute atomic E-state index is 13.6. The maximum atomic E-state index is 13.6. The first-order valence-corrected chi connectivity index (χ1v) is 10.8. The molecule has 6 nitrogen and oxygen atoms in total. The van der Waals surface area contributed by atoms with Gasteiger partial charge >= 0.3 is 6.18 Å². The Morgan fingerprint density at radius 3 is 2.38 bits per heavy atom. The van der Waals surface area contributed by atoms with Gasteiger partial charge < -0.3 is 4.90 Å². The number of carbonyl (C=O) groups is 1. The molecule has 0 unspecified atom stereocenters. The van der Waals surface area contributed by atoms with Gasteiger partial charge in [0.15, 0.2) is 11.3 Å². The highest BCUT2D eigenvalue weighted by Crippen LogP contribution is 2.41. The van der Waals surface area contributed by atoms with Crippen molar-refractivity contribution < 1.29 is 18.0 Å². The van der Waals surface area contributed by atoms with E-state index >= 15 is 0 Å². The third-order valence-electron chi connectivity index (χ3n) is 6.14. The number of amides is 1. The SMILES string of the molecule is Cc1ccc(CN2CCN(C(=O)c3cc4nc(C5CC5)cc(C(F)(F)F)n4n3)CC2)cc1. The second kappa shape index (κ2) is 7.88. The van der Waals surface area contributed by atoms with Crippen LogP contribution in [0.15, 0.2) is 36.4 Å². The molecule has 1 aliphatic carbocycles. The van der Waals surface area contributed by atoms with Crippen LogP contribution < -0.4 is 0 Å². The van der Waals surface area contributed by atoms with E-state index in [4.69, 9.17) is 0 Å². The largest absolute Gasteiger partial charge is 0.433 e. The fourth-order valence-electron chi connectivity index (χ4n) is 4.11. The molecule has 1 aliphatic heterocycles. The molecule has 5 rings (SSSR count). The molecule has 1 saturated heterocycles. The molecule has 2 aromatic heterocycles. The van der Waals surface area contributed by atoms with Gasteiger partial charge in [-0.25, -0.2) is 9.50 Å². The van der Waals surface area contributed by atoms with E-state index in [-0.39, 0.29) is 23.2 Å². The van der Waals surface area contributed by atoms with Gasteiger partial charge in [-0.2, -0.15) is 18.3 Å². The minimum atomic E-state index is -4.57. The molecule has 0 atom stereocenters. The molecule has 1 amide bonds. The Hall–Kier alpha value is -2.94. The summed E-state index contributed by atoms with van der Waals surface area (Å²) in [5.41, 5.74) is 2.04. The van der Waals surface area contributed by atoms with E-state index in [0.29, 0.717) is 31.9 Å². The Bertz CT molecular complexity index is 1140. The van der Waals surface area contributed by atoms with Crippen molar-refractivity contribution in [2.24, 2.45) is 0 Å². The molecule has 168 valence electrons. The van der Waals surface area contributed by atoms with Crippen LogP contribution in [0.4, 0.5) is 13.2 Å². The number of alkyl halides is 3. The van der Waals surface area contributed by atoms with E-state index in [1.807, 2.05) is 6.92 Å².